The summed E-state index contributed by atoms with van der Waals surface area (Å²) in [7, 11) is 0. The molecule has 0 aromatic carbocycles. The summed E-state index contributed by atoms with van der Waals surface area (Å²) < 4.78 is 0. The fraction of sp³-hybridized carbons (Fsp3) is 0.800. The summed E-state index contributed by atoms with van der Waals surface area (Å²) in [6.07, 6.45) is 12.8. The monoisotopic (exact) mass is 441 g/mol. The Morgan fingerprint density at radius 2 is 1.79 bits per heavy atom. The lowest BCUT2D eigenvalue weighted by Gasteiger charge is -2.38. The molecule has 1 unspecified atom stereocenters. The summed E-state index contributed by atoms with van der Waals surface area (Å²) in [5.41, 5.74) is 12.6. The third-order valence-electron chi connectivity index (χ3n) is 5.42. The maximum atomic E-state index is 6.64. The minimum atomic E-state index is -0.146. The van der Waals surface area contributed by atoms with Crippen LogP contribution < -0.4 is 11.5 Å². The molecule has 1 aromatic rings. The molecule has 8 heteroatoms. The Labute approximate surface area is 182 Å². The van der Waals surface area contributed by atoms with Crippen LogP contribution in [0.25, 0.3) is 0 Å². The van der Waals surface area contributed by atoms with Gasteiger partial charge in [-0.05, 0) is 43.6 Å². The predicted octanol–water partition coefficient (Wildman–Crippen LogP) is 5.76. The fourth-order valence-electron chi connectivity index (χ4n) is 3.88. The Hall–Kier alpha value is -0.440. The van der Waals surface area contributed by atoms with Crippen LogP contribution in [0.3, 0.4) is 0 Å². The summed E-state index contributed by atoms with van der Waals surface area (Å²) in [5.74, 6) is 4.47. The number of thiazole rings is 1. The standard InChI is InChI=1S/C20H35N5S3/c1-2-3-7-12-26-13-8-4-9-14-27-20-24-18-16(28-19(22)23-18)17(21)25(20)15-10-5-6-11-15/h15,17H,2-14,21H2,1H3,(H2,22,23). The lowest BCUT2D eigenvalue weighted by molar-refractivity contribution is 0.248. The molecule has 1 aromatic heterocycles. The van der Waals surface area contributed by atoms with Gasteiger partial charge in [0.05, 0.1) is 4.88 Å². The Balaban J connectivity index is 1.46. The van der Waals surface area contributed by atoms with Crippen LogP contribution in [-0.4, -0.2) is 38.4 Å². The molecule has 2 heterocycles. The number of hydrogen-bond donors (Lipinski definition) is 2. The number of fused-ring (bicyclic) bond motifs is 1. The third kappa shape index (κ3) is 6.03. The lowest BCUT2D eigenvalue weighted by Crippen LogP contribution is -2.45. The molecule has 0 spiro atoms. The molecule has 4 N–H and O–H groups in total. The SMILES string of the molecule is CCCCCSCCCCCSC1=Nc2nc(N)sc2C(N)N1C1CCCC1. The zero-order valence-electron chi connectivity index (χ0n) is 17.1. The van der Waals surface area contributed by atoms with Gasteiger partial charge >= 0.3 is 0 Å². The first kappa shape index (κ1) is 22.2. The fourth-order valence-corrected chi connectivity index (χ4v) is 6.77. The van der Waals surface area contributed by atoms with Crippen LogP contribution in [-0.2, 0) is 0 Å². The Bertz CT molecular complexity index is 627. The Morgan fingerprint density at radius 3 is 2.54 bits per heavy atom. The van der Waals surface area contributed by atoms with Crippen LogP contribution in [0.5, 0.6) is 0 Å². The second kappa shape index (κ2) is 11.7. The van der Waals surface area contributed by atoms with Gasteiger partial charge in [0.2, 0.25) is 0 Å². The van der Waals surface area contributed by atoms with E-state index in [0.29, 0.717) is 11.2 Å². The first-order valence-corrected chi connectivity index (χ1v) is 13.8. The molecular weight excluding hydrogens is 406 g/mol. The predicted molar refractivity (Wildman–Crippen MR) is 128 cm³/mol. The van der Waals surface area contributed by atoms with E-state index in [1.807, 2.05) is 11.8 Å². The average Bonchev–Trinajstić information content (AvgIpc) is 3.33. The first-order chi connectivity index (χ1) is 13.7. The topological polar surface area (TPSA) is 80.5 Å². The minimum Gasteiger partial charge on any atom is -0.375 e. The van der Waals surface area contributed by atoms with Crippen LogP contribution in [0.4, 0.5) is 10.9 Å². The van der Waals surface area contributed by atoms with Crippen molar-refractivity contribution in [1.29, 1.82) is 0 Å². The molecule has 1 fully saturated rings. The number of rotatable bonds is 11. The summed E-state index contributed by atoms with van der Waals surface area (Å²) in [6, 6.07) is 0.511. The number of unbranched alkanes of at least 4 members (excludes halogenated alkanes) is 4. The molecule has 3 rings (SSSR count). The molecule has 1 atom stereocenters. The number of nitrogen functional groups attached to an aromatic ring is 1. The van der Waals surface area contributed by atoms with Crippen LogP contribution >= 0.6 is 34.9 Å². The van der Waals surface area contributed by atoms with Crippen molar-refractivity contribution in [2.24, 2.45) is 10.7 Å². The van der Waals surface area contributed by atoms with E-state index in [1.54, 1.807) is 0 Å². The van der Waals surface area contributed by atoms with Crippen molar-refractivity contribution >= 4 is 51.0 Å². The van der Waals surface area contributed by atoms with E-state index in [2.05, 4.69) is 28.6 Å². The Kier molecular flexibility index (Phi) is 9.27. The molecule has 0 amide bonds. The highest BCUT2D eigenvalue weighted by Crippen LogP contribution is 2.42. The third-order valence-corrected chi connectivity index (χ3v) is 8.57. The number of aliphatic imine (C=N–C) groups is 1. The van der Waals surface area contributed by atoms with Crippen LogP contribution in [0, 0.1) is 0 Å². The van der Waals surface area contributed by atoms with E-state index in [-0.39, 0.29) is 6.17 Å². The van der Waals surface area contributed by atoms with E-state index in [4.69, 9.17) is 16.5 Å². The first-order valence-electron chi connectivity index (χ1n) is 10.8. The van der Waals surface area contributed by atoms with Gasteiger partial charge in [-0.3, -0.25) is 0 Å². The minimum absolute atomic E-state index is 0.146. The Morgan fingerprint density at radius 1 is 1.07 bits per heavy atom. The highest BCUT2D eigenvalue weighted by Gasteiger charge is 2.36. The van der Waals surface area contributed by atoms with E-state index < -0.39 is 0 Å². The number of anilines is 1. The van der Waals surface area contributed by atoms with Gasteiger partial charge in [0.1, 0.15) is 6.17 Å². The van der Waals surface area contributed by atoms with E-state index in [1.165, 1.54) is 87.1 Å². The second-order valence-electron chi connectivity index (χ2n) is 7.65. The maximum Gasteiger partial charge on any atom is 0.182 e. The van der Waals surface area contributed by atoms with Crippen LogP contribution in [0.2, 0.25) is 0 Å². The zero-order chi connectivity index (χ0) is 19.8. The lowest BCUT2D eigenvalue weighted by atomic mass is 10.2. The molecule has 0 bridgehead atoms. The molecular formula is C20H35N5S3. The normalized spacial score (nSPS) is 19.9. The highest BCUT2D eigenvalue weighted by atomic mass is 32.2. The van der Waals surface area contributed by atoms with E-state index in [9.17, 15) is 0 Å². The van der Waals surface area contributed by atoms with Crippen molar-refractivity contribution in [3.05, 3.63) is 4.88 Å². The van der Waals surface area contributed by atoms with Gasteiger partial charge in [-0.2, -0.15) is 11.8 Å². The molecule has 158 valence electrons. The summed E-state index contributed by atoms with van der Waals surface area (Å²) in [4.78, 5) is 12.6. The quantitative estimate of drug-likeness (QED) is 0.425. The summed E-state index contributed by atoms with van der Waals surface area (Å²) in [6.45, 7) is 2.27. The van der Waals surface area contributed by atoms with Crippen molar-refractivity contribution in [2.75, 3.05) is 23.0 Å². The van der Waals surface area contributed by atoms with Gasteiger partial charge in [0.25, 0.3) is 0 Å². The highest BCUT2D eigenvalue weighted by molar-refractivity contribution is 8.13. The van der Waals surface area contributed by atoms with Gasteiger partial charge in [0, 0.05) is 11.8 Å². The van der Waals surface area contributed by atoms with Crippen molar-refractivity contribution in [3.8, 4) is 0 Å². The van der Waals surface area contributed by atoms with Gasteiger partial charge in [-0.25, -0.2) is 9.98 Å². The number of nitrogens with zero attached hydrogens (tertiary/aromatic N) is 3. The van der Waals surface area contributed by atoms with Crippen LogP contribution in [0.15, 0.2) is 4.99 Å². The van der Waals surface area contributed by atoms with Crippen molar-refractivity contribution in [3.63, 3.8) is 0 Å². The van der Waals surface area contributed by atoms with Gasteiger partial charge in [0.15, 0.2) is 16.1 Å². The number of thioether (sulfide) groups is 2. The van der Waals surface area contributed by atoms with E-state index in [0.717, 1.165) is 21.6 Å². The maximum absolute atomic E-state index is 6.64. The molecule has 1 saturated carbocycles. The van der Waals surface area contributed by atoms with E-state index >= 15 is 0 Å². The van der Waals surface area contributed by atoms with Gasteiger partial charge < -0.3 is 16.4 Å². The van der Waals surface area contributed by atoms with Gasteiger partial charge in [-0.1, -0.05) is 62.1 Å². The largest absolute Gasteiger partial charge is 0.375 e. The molecule has 5 nitrogen and oxygen atoms in total. The van der Waals surface area contributed by atoms with Crippen molar-refractivity contribution < 1.29 is 0 Å². The zero-order valence-corrected chi connectivity index (χ0v) is 19.5. The van der Waals surface area contributed by atoms with Gasteiger partial charge in [-0.15, -0.1) is 0 Å². The number of aromatic nitrogens is 1. The molecule has 1 aliphatic carbocycles. The molecule has 2 aliphatic rings. The number of nitrogens with two attached hydrogens (primary N) is 2. The van der Waals surface area contributed by atoms with Crippen molar-refractivity contribution in [2.45, 2.75) is 83.3 Å². The summed E-state index contributed by atoms with van der Waals surface area (Å²) in [5, 5.41) is 1.63. The van der Waals surface area contributed by atoms with Crippen LogP contribution in [0.1, 0.15) is 82.2 Å². The number of amidine groups is 1. The summed E-state index contributed by atoms with van der Waals surface area (Å²) >= 11 is 5.46. The number of hydrogen-bond acceptors (Lipinski definition) is 8. The molecule has 1 aliphatic heterocycles. The second-order valence-corrected chi connectivity index (χ2v) is 11.0. The molecule has 0 saturated heterocycles. The van der Waals surface area contributed by atoms with Crippen molar-refractivity contribution in [1.82, 2.24) is 9.88 Å². The molecule has 28 heavy (non-hydrogen) atoms. The molecule has 0 radical (unpaired) electrons. The average molecular weight is 442 g/mol. The smallest absolute Gasteiger partial charge is 0.182 e.